The quantitative estimate of drug-likeness (QED) is 0.916. The van der Waals surface area contributed by atoms with Crippen LogP contribution in [0.1, 0.15) is 17.7 Å². The topological polar surface area (TPSA) is 50.7 Å². The first-order chi connectivity index (χ1) is 9.53. The van der Waals surface area contributed by atoms with Crippen LogP contribution in [-0.4, -0.2) is 21.1 Å². The number of nitrogens with zero attached hydrogens (tertiary/aromatic N) is 3. The highest BCUT2D eigenvalue weighted by Gasteiger charge is 2.26. The van der Waals surface area contributed by atoms with Gasteiger partial charge in [-0.05, 0) is 30.2 Å². The molecule has 2 rings (SSSR count). The summed E-state index contributed by atoms with van der Waals surface area (Å²) in [5.74, 6) is 0.321. The van der Waals surface area contributed by atoms with Crippen molar-refractivity contribution in [3.05, 3.63) is 48.0 Å². The maximum Gasteiger partial charge on any atom is 0.389 e. The van der Waals surface area contributed by atoms with Gasteiger partial charge in [0.1, 0.15) is 0 Å². The molecule has 0 aliphatic heterocycles. The van der Waals surface area contributed by atoms with Crippen molar-refractivity contribution in [1.29, 1.82) is 0 Å². The smallest absolute Gasteiger partial charge is 0.350 e. The Balaban J connectivity index is 1.92. The fraction of sp³-hybridized carbons (Fsp3) is 0.308. The molecule has 0 saturated heterocycles. The van der Waals surface area contributed by atoms with E-state index < -0.39 is 12.6 Å². The van der Waals surface area contributed by atoms with E-state index in [0.717, 1.165) is 5.56 Å². The first-order valence-corrected chi connectivity index (χ1v) is 6.04. The number of nitrogens with one attached hydrogen (secondary N) is 1. The lowest BCUT2D eigenvalue weighted by Crippen LogP contribution is -2.10. The van der Waals surface area contributed by atoms with E-state index in [0.29, 0.717) is 18.2 Å². The van der Waals surface area contributed by atoms with Gasteiger partial charge in [-0.2, -0.15) is 13.2 Å². The molecule has 0 unspecified atom stereocenters. The van der Waals surface area contributed by atoms with Crippen molar-refractivity contribution in [2.24, 2.45) is 0 Å². The second-order valence-corrected chi connectivity index (χ2v) is 4.20. The number of aromatic nitrogens is 3. The van der Waals surface area contributed by atoms with E-state index >= 15 is 0 Å². The van der Waals surface area contributed by atoms with Crippen LogP contribution in [0.3, 0.4) is 0 Å². The minimum absolute atomic E-state index is 0.143. The molecule has 0 aromatic carbocycles. The number of halogens is 3. The summed E-state index contributed by atoms with van der Waals surface area (Å²) < 4.78 is 36.4. The molecule has 0 radical (unpaired) electrons. The maximum absolute atomic E-state index is 12.1. The zero-order chi connectivity index (χ0) is 14.4. The summed E-state index contributed by atoms with van der Waals surface area (Å²) in [5.41, 5.74) is 1.36. The number of anilines is 1. The first kappa shape index (κ1) is 14.2. The molecule has 1 N–H and O–H groups in total. The van der Waals surface area contributed by atoms with E-state index in [4.69, 9.17) is 0 Å². The molecule has 0 fully saturated rings. The van der Waals surface area contributed by atoms with Crippen LogP contribution in [0.2, 0.25) is 0 Å². The third-order valence-electron chi connectivity index (χ3n) is 2.58. The number of rotatable bonds is 5. The molecule has 0 saturated carbocycles. The fourth-order valence-corrected chi connectivity index (χ4v) is 1.57. The molecular weight excluding hydrogens is 269 g/mol. The van der Waals surface area contributed by atoms with Crippen molar-refractivity contribution < 1.29 is 13.2 Å². The normalized spacial score (nSPS) is 11.3. The highest BCUT2D eigenvalue weighted by molar-refractivity contribution is 5.27. The fourth-order valence-electron chi connectivity index (χ4n) is 1.57. The van der Waals surface area contributed by atoms with Crippen LogP contribution in [0.15, 0.2) is 36.8 Å². The van der Waals surface area contributed by atoms with Gasteiger partial charge in [-0.25, -0.2) is 9.97 Å². The molecule has 0 spiro atoms. The van der Waals surface area contributed by atoms with Gasteiger partial charge in [-0.3, -0.25) is 4.98 Å². The SMILES string of the molecule is FC(F)(F)CCc1ccnc(NCc2ccncc2)n1. The molecule has 0 bridgehead atoms. The van der Waals surface area contributed by atoms with Gasteiger partial charge >= 0.3 is 6.18 Å². The van der Waals surface area contributed by atoms with E-state index in [1.165, 1.54) is 12.3 Å². The number of pyridine rings is 1. The third kappa shape index (κ3) is 4.83. The second kappa shape index (κ2) is 6.31. The Morgan fingerprint density at radius 2 is 1.80 bits per heavy atom. The van der Waals surface area contributed by atoms with Gasteiger partial charge in [-0.1, -0.05) is 0 Å². The molecule has 2 heterocycles. The molecule has 0 amide bonds. The molecule has 2 aromatic rings. The highest BCUT2D eigenvalue weighted by atomic mass is 19.4. The van der Waals surface area contributed by atoms with Crippen LogP contribution >= 0.6 is 0 Å². The van der Waals surface area contributed by atoms with Crippen LogP contribution in [0, 0.1) is 0 Å². The van der Waals surface area contributed by atoms with Crippen LogP contribution in [0.25, 0.3) is 0 Å². The summed E-state index contributed by atoms with van der Waals surface area (Å²) in [4.78, 5) is 11.9. The lowest BCUT2D eigenvalue weighted by Gasteiger charge is -2.08. The van der Waals surface area contributed by atoms with Gasteiger partial charge in [0.25, 0.3) is 0 Å². The van der Waals surface area contributed by atoms with Crippen molar-refractivity contribution in [1.82, 2.24) is 15.0 Å². The Labute approximate surface area is 114 Å². The first-order valence-electron chi connectivity index (χ1n) is 6.04. The van der Waals surface area contributed by atoms with Crippen molar-refractivity contribution >= 4 is 5.95 Å². The van der Waals surface area contributed by atoms with Gasteiger partial charge in [-0.15, -0.1) is 0 Å². The van der Waals surface area contributed by atoms with Crippen LogP contribution in [-0.2, 0) is 13.0 Å². The zero-order valence-corrected chi connectivity index (χ0v) is 10.6. The molecule has 0 aliphatic rings. The lowest BCUT2D eigenvalue weighted by atomic mass is 10.2. The molecule has 106 valence electrons. The summed E-state index contributed by atoms with van der Waals surface area (Å²) in [5, 5.41) is 2.97. The van der Waals surface area contributed by atoms with Gasteiger partial charge < -0.3 is 5.32 Å². The predicted octanol–water partition coefficient (Wildman–Crippen LogP) is 2.98. The van der Waals surface area contributed by atoms with Crippen molar-refractivity contribution in [3.8, 4) is 0 Å². The monoisotopic (exact) mass is 282 g/mol. The van der Waals surface area contributed by atoms with Gasteiger partial charge in [0.05, 0.1) is 0 Å². The Bertz CT molecular complexity index is 543. The van der Waals surface area contributed by atoms with Crippen molar-refractivity contribution in [2.45, 2.75) is 25.6 Å². The summed E-state index contributed by atoms with van der Waals surface area (Å²) >= 11 is 0. The average molecular weight is 282 g/mol. The Morgan fingerprint density at radius 3 is 2.50 bits per heavy atom. The number of hydrogen-bond donors (Lipinski definition) is 1. The molecule has 0 atom stereocenters. The van der Waals surface area contributed by atoms with Gasteiger partial charge in [0.15, 0.2) is 0 Å². The maximum atomic E-state index is 12.1. The van der Waals surface area contributed by atoms with Gasteiger partial charge in [0, 0.05) is 37.3 Å². The van der Waals surface area contributed by atoms with Crippen molar-refractivity contribution in [3.63, 3.8) is 0 Å². The standard InChI is InChI=1S/C13H13F3N4/c14-13(15,16)5-1-11-4-8-18-12(20-11)19-9-10-2-6-17-7-3-10/h2-4,6-8H,1,5,9H2,(H,18,19,20). The summed E-state index contributed by atoms with van der Waals surface area (Å²) in [7, 11) is 0. The lowest BCUT2D eigenvalue weighted by molar-refractivity contribution is -0.134. The highest BCUT2D eigenvalue weighted by Crippen LogP contribution is 2.21. The predicted molar refractivity (Wildman–Crippen MR) is 68.0 cm³/mol. The summed E-state index contributed by atoms with van der Waals surface area (Å²) in [6.45, 7) is 0.491. The van der Waals surface area contributed by atoms with E-state index in [2.05, 4.69) is 20.3 Å². The Kier molecular flexibility index (Phi) is 4.49. The Hall–Kier alpha value is -2.18. The van der Waals surface area contributed by atoms with Crippen LogP contribution < -0.4 is 5.32 Å². The summed E-state index contributed by atoms with van der Waals surface area (Å²) in [6, 6.07) is 5.16. The summed E-state index contributed by atoms with van der Waals surface area (Å²) in [6.07, 6.45) is -0.415. The molecule has 20 heavy (non-hydrogen) atoms. The minimum Gasteiger partial charge on any atom is -0.350 e. The second-order valence-electron chi connectivity index (χ2n) is 4.20. The molecule has 2 aromatic heterocycles. The average Bonchev–Trinajstić information content (AvgIpc) is 2.44. The molecule has 0 aliphatic carbocycles. The number of hydrogen-bond acceptors (Lipinski definition) is 4. The van der Waals surface area contributed by atoms with Crippen LogP contribution in [0.5, 0.6) is 0 Å². The zero-order valence-electron chi connectivity index (χ0n) is 10.6. The minimum atomic E-state index is -4.17. The van der Waals surface area contributed by atoms with Crippen molar-refractivity contribution in [2.75, 3.05) is 5.32 Å². The number of alkyl halides is 3. The van der Waals surface area contributed by atoms with E-state index in [1.807, 2.05) is 12.1 Å². The largest absolute Gasteiger partial charge is 0.389 e. The molecule has 4 nitrogen and oxygen atoms in total. The Morgan fingerprint density at radius 1 is 1.05 bits per heavy atom. The molecule has 7 heteroatoms. The van der Waals surface area contributed by atoms with E-state index in [9.17, 15) is 13.2 Å². The third-order valence-corrected chi connectivity index (χ3v) is 2.58. The van der Waals surface area contributed by atoms with E-state index in [1.54, 1.807) is 12.4 Å². The number of aryl methyl sites for hydroxylation is 1. The van der Waals surface area contributed by atoms with Gasteiger partial charge in [0.2, 0.25) is 5.95 Å². The molecular formula is C13H13F3N4. The van der Waals surface area contributed by atoms with E-state index in [-0.39, 0.29) is 6.42 Å². The van der Waals surface area contributed by atoms with Crippen LogP contribution in [0.4, 0.5) is 19.1 Å².